The normalized spacial score (nSPS) is 30.3. The summed E-state index contributed by atoms with van der Waals surface area (Å²) in [6.45, 7) is 10.6. The van der Waals surface area contributed by atoms with Gasteiger partial charge in [-0.25, -0.2) is 0 Å². The lowest BCUT2D eigenvalue weighted by atomic mass is 9.71. The van der Waals surface area contributed by atoms with Crippen LogP contribution in [0, 0.1) is 11.3 Å². The minimum Gasteiger partial charge on any atom is -0.487 e. The summed E-state index contributed by atoms with van der Waals surface area (Å²) in [5.74, 6) is 0.995. The Morgan fingerprint density at radius 1 is 1.31 bits per heavy atom. The molecule has 1 heterocycles. The number of rotatable bonds is 1. The van der Waals surface area contributed by atoms with Gasteiger partial charge in [0.05, 0.1) is 0 Å². The molecule has 0 N–H and O–H groups in total. The largest absolute Gasteiger partial charge is 0.487 e. The van der Waals surface area contributed by atoms with Gasteiger partial charge in [-0.15, -0.1) is 0 Å². The van der Waals surface area contributed by atoms with Crippen LogP contribution in [0.3, 0.4) is 0 Å². The van der Waals surface area contributed by atoms with Gasteiger partial charge in [0.2, 0.25) is 0 Å². The molecule has 88 valence electrons. The average molecular weight is 220 g/mol. The van der Waals surface area contributed by atoms with Gasteiger partial charge in [0.25, 0.3) is 0 Å². The van der Waals surface area contributed by atoms with E-state index in [-0.39, 0.29) is 22.7 Å². The first-order valence-electron chi connectivity index (χ1n) is 5.97. The maximum atomic E-state index is 11.8. The van der Waals surface area contributed by atoms with E-state index in [1.807, 2.05) is 6.92 Å². The molecule has 0 aromatic carbocycles. The van der Waals surface area contributed by atoms with E-state index < -0.39 is 0 Å². The molecule has 0 radical (unpaired) electrons. The van der Waals surface area contributed by atoms with E-state index in [1.54, 1.807) is 6.08 Å². The number of ether oxygens (including phenoxy) is 1. The number of carbonyl (C=O) groups is 1. The number of ketones is 1. The third kappa shape index (κ3) is 1.35. The maximum absolute atomic E-state index is 11.8. The molecule has 1 atom stereocenters. The molecule has 16 heavy (non-hydrogen) atoms. The summed E-state index contributed by atoms with van der Waals surface area (Å²) < 4.78 is 5.90. The van der Waals surface area contributed by atoms with Gasteiger partial charge in [-0.2, -0.15) is 0 Å². The summed E-state index contributed by atoms with van der Waals surface area (Å²) >= 11 is 0. The van der Waals surface area contributed by atoms with Gasteiger partial charge in [-0.05, 0) is 20.3 Å². The van der Waals surface area contributed by atoms with Crippen LogP contribution in [-0.4, -0.2) is 11.4 Å². The smallest absolute Gasteiger partial charge is 0.166 e. The molecule has 1 aliphatic carbocycles. The first-order chi connectivity index (χ1) is 7.29. The van der Waals surface area contributed by atoms with Crippen LogP contribution >= 0.6 is 0 Å². The van der Waals surface area contributed by atoms with Gasteiger partial charge in [-0.1, -0.05) is 26.8 Å². The maximum Gasteiger partial charge on any atom is 0.166 e. The predicted octanol–water partition coefficient (Wildman–Crippen LogP) is 3.24. The fourth-order valence-corrected chi connectivity index (χ4v) is 2.33. The molecular formula is C14H20O2. The van der Waals surface area contributed by atoms with E-state index >= 15 is 0 Å². The molecular weight excluding hydrogens is 200 g/mol. The predicted molar refractivity (Wildman–Crippen MR) is 63.9 cm³/mol. The lowest BCUT2D eigenvalue weighted by Crippen LogP contribution is -2.35. The average Bonchev–Trinajstić information content (AvgIpc) is 2.32. The molecule has 0 spiro atoms. The second-order valence-corrected chi connectivity index (χ2v) is 5.74. The van der Waals surface area contributed by atoms with Crippen LogP contribution < -0.4 is 0 Å². The van der Waals surface area contributed by atoms with Crippen molar-refractivity contribution in [3.05, 3.63) is 23.5 Å². The first kappa shape index (κ1) is 11.4. The molecule has 1 unspecified atom stereocenters. The highest BCUT2D eigenvalue weighted by molar-refractivity contribution is 5.95. The third-order valence-electron chi connectivity index (χ3n) is 4.26. The van der Waals surface area contributed by atoms with Crippen LogP contribution in [0.15, 0.2) is 23.5 Å². The Morgan fingerprint density at radius 3 is 2.50 bits per heavy atom. The van der Waals surface area contributed by atoms with Crippen LogP contribution in [0.4, 0.5) is 0 Å². The van der Waals surface area contributed by atoms with Gasteiger partial charge >= 0.3 is 0 Å². The second kappa shape index (κ2) is 3.22. The van der Waals surface area contributed by atoms with Crippen LogP contribution in [0.5, 0.6) is 0 Å². The Hall–Kier alpha value is -1.05. The highest BCUT2D eigenvalue weighted by atomic mass is 16.5. The Labute approximate surface area is 97.4 Å². The summed E-state index contributed by atoms with van der Waals surface area (Å²) in [6.07, 6.45) is 4.65. The molecule has 0 saturated carbocycles. The van der Waals surface area contributed by atoms with Gasteiger partial charge < -0.3 is 4.74 Å². The summed E-state index contributed by atoms with van der Waals surface area (Å²) in [4.78, 5) is 11.8. The number of carbonyl (C=O) groups excluding carboxylic acids is 1. The van der Waals surface area contributed by atoms with Gasteiger partial charge in [-0.3, -0.25) is 4.79 Å². The zero-order chi connectivity index (χ0) is 12.1. The SMILES string of the molecule is CCC1C=C2C(=CC1=O)OC(C)(C)C2(C)C. The molecule has 2 heteroatoms. The molecule has 2 nitrogen and oxygen atoms in total. The van der Waals surface area contributed by atoms with Crippen molar-refractivity contribution in [2.24, 2.45) is 11.3 Å². The zero-order valence-electron chi connectivity index (χ0n) is 10.8. The lowest BCUT2D eigenvalue weighted by molar-refractivity contribution is -0.117. The molecule has 1 fully saturated rings. The molecule has 2 rings (SSSR count). The zero-order valence-corrected chi connectivity index (χ0v) is 10.8. The third-order valence-corrected chi connectivity index (χ3v) is 4.26. The van der Waals surface area contributed by atoms with Gasteiger partial charge in [0, 0.05) is 23.0 Å². The Balaban J connectivity index is 2.49. The van der Waals surface area contributed by atoms with Crippen LogP contribution in [0.1, 0.15) is 41.0 Å². The minimum absolute atomic E-state index is 0.0348. The van der Waals surface area contributed by atoms with Crippen molar-refractivity contribution in [2.45, 2.75) is 46.6 Å². The standard InChI is InChI=1S/C14H20O2/c1-6-9-7-10-12(8-11(9)15)16-14(4,5)13(10,2)3/h7-9H,6H2,1-5H3. The van der Waals surface area contributed by atoms with Crippen LogP contribution in [0.2, 0.25) is 0 Å². The number of hydrogen-bond donors (Lipinski definition) is 0. The summed E-state index contributed by atoms with van der Waals surface area (Å²) in [5.41, 5.74) is 0.921. The van der Waals surface area contributed by atoms with Crippen LogP contribution in [-0.2, 0) is 9.53 Å². The highest BCUT2D eigenvalue weighted by Gasteiger charge is 2.51. The molecule has 0 bridgehead atoms. The summed E-state index contributed by atoms with van der Waals surface area (Å²) in [7, 11) is 0. The van der Waals surface area contributed by atoms with Crippen molar-refractivity contribution in [2.75, 3.05) is 0 Å². The van der Waals surface area contributed by atoms with E-state index in [0.29, 0.717) is 0 Å². The number of fused-ring (bicyclic) bond motifs is 1. The van der Waals surface area contributed by atoms with Crippen molar-refractivity contribution in [3.63, 3.8) is 0 Å². The topological polar surface area (TPSA) is 26.3 Å². The van der Waals surface area contributed by atoms with Crippen molar-refractivity contribution in [3.8, 4) is 0 Å². The van der Waals surface area contributed by atoms with E-state index in [9.17, 15) is 4.79 Å². The van der Waals surface area contributed by atoms with E-state index in [0.717, 1.165) is 12.2 Å². The molecule has 0 aromatic rings. The Kier molecular flexibility index (Phi) is 2.30. The van der Waals surface area contributed by atoms with E-state index in [1.165, 1.54) is 5.57 Å². The van der Waals surface area contributed by atoms with E-state index in [2.05, 4.69) is 33.8 Å². The van der Waals surface area contributed by atoms with Crippen LogP contribution in [0.25, 0.3) is 0 Å². The highest BCUT2D eigenvalue weighted by Crippen LogP contribution is 2.53. The molecule has 0 amide bonds. The van der Waals surface area contributed by atoms with Gasteiger partial charge in [0.15, 0.2) is 5.78 Å². The monoisotopic (exact) mass is 220 g/mol. The second-order valence-electron chi connectivity index (χ2n) is 5.74. The van der Waals surface area contributed by atoms with Crippen molar-refractivity contribution >= 4 is 5.78 Å². The molecule has 1 saturated heterocycles. The summed E-state index contributed by atoms with van der Waals surface area (Å²) in [6, 6.07) is 0. The Morgan fingerprint density at radius 2 is 1.94 bits per heavy atom. The fourth-order valence-electron chi connectivity index (χ4n) is 2.33. The fraction of sp³-hybridized carbons (Fsp3) is 0.643. The molecule has 0 aromatic heterocycles. The van der Waals surface area contributed by atoms with Gasteiger partial charge in [0.1, 0.15) is 11.4 Å². The quantitative estimate of drug-likeness (QED) is 0.678. The molecule has 2 aliphatic rings. The Bertz CT molecular complexity index is 397. The molecule has 1 aliphatic heterocycles. The minimum atomic E-state index is -0.242. The van der Waals surface area contributed by atoms with Crippen molar-refractivity contribution in [1.82, 2.24) is 0 Å². The van der Waals surface area contributed by atoms with Crippen molar-refractivity contribution in [1.29, 1.82) is 0 Å². The lowest BCUT2D eigenvalue weighted by Gasteiger charge is -2.32. The first-order valence-corrected chi connectivity index (χ1v) is 5.97. The number of allylic oxidation sites excluding steroid dienone is 3. The van der Waals surface area contributed by atoms with E-state index in [4.69, 9.17) is 4.74 Å². The van der Waals surface area contributed by atoms with Crippen molar-refractivity contribution < 1.29 is 9.53 Å². The summed E-state index contributed by atoms with van der Waals surface area (Å²) in [5, 5.41) is 0. The number of hydrogen-bond acceptors (Lipinski definition) is 2.